The third-order valence-corrected chi connectivity index (χ3v) is 5.46. The van der Waals surface area contributed by atoms with Crippen molar-refractivity contribution in [2.24, 2.45) is 0 Å². The fraction of sp³-hybridized carbons (Fsp3) is 0.133. The highest BCUT2D eigenvalue weighted by molar-refractivity contribution is 6.28. The van der Waals surface area contributed by atoms with Gasteiger partial charge in [-0.3, -0.25) is 0 Å². The van der Waals surface area contributed by atoms with Crippen LogP contribution >= 0.6 is 11.6 Å². The summed E-state index contributed by atoms with van der Waals surface area (Å²) >= 11 is 6.13. The molecule has 196 valence electrons. The molecule has 0 aliphatic rings. The van der Waals surface area contributed by atoms with Gasteiger partial charge in [-0.15, -0.1) is 12.3 Å². The topological polar surface area (TPSA) is 127 Å². The van der Waals surface area contributed by atoms with Crippen LogP contribution in [0, 0.1) is 12.3 Å². The van der Waals surface area contributed by atoms with Gasteiger partial charge in [0.2, 0.25) is 22.5 Å². The smallest absolute Gasteiger partial charge is 0.223 e. The van der Waals surface area contributed by atoms with Crippen molar-refractivity contribution < 1.29 is 25.5 Å². The van der Waals surface area contributed by atoms with E-state index in [1.54, 1.807) is 25.2 Å². The number of para-hydroxylation sites is 1. The number of phenolic OH excluding ortho intramolecular Hbond substituents is 5. The summed E-state index contributed by atoms with van der Waals surface area (Å²) in [6.07, 6.45) is 17.9. The number of benzene rings is 2. The van der Waals surface area contributed by atoms with Crippen molar-refractivity contribution in [2.75, 3.05) is 0 Å². The average molecular weight is 533 g/mol. The maximum absolute atomic E-state index is 9.99. The first-order valence-electron chi connectivity index (χ1n) is 11.5. The number of halogens is 1. The number of fused-ring (bicyclic) bond motifs is 1. The minimum Gasteiger partial charge on any atom is -0.504 e. The highest BCUT2D eigenvalue weighted by Crippen LogP contribution is 2.50. The van der Waals surface area contributed by atoms with Gasteiger partial charge in [0.1, 0.15) is 0 Å². The number of terminal acetylenes is 1. The Morgan fingerprint density at radius 2 is 1.58 bits per heavy atom. The van der Waals surface area contributed by atoms with Gasteiger partial charge in [0.15, 0.2) is 11.5 Å². The zero-order valence-electron chi connectivity index (χ0n) is 21.1. The van der Waals surface area contributed by atoms with Gasteiger partial charge >= 0.3 is 0 Å². The molecule has 0 bridgehead atoms. The summed E-state index contributed by atoms with van der Waals surface area (Å²) in [5.41, 5.74) is 3.05. The summed E-state index contributed by atoms with van der Waals surface area (Å²) in [5, 5.41) is 49.9. The van der Waals surface area contributed by atoms with E-state index in [1.165, 1.54) is 0 Å². The highest BCUT2D eigenvalue weighted by atomic mass is 35.5. The Kier molecular flexibility index (Phi) is 11.0. The molecule has 0 fully saturated rings. The number of aromatic nitrogens is 2. The average Bonchev–Trinajstić information content (AvgIpc) is 2.91. The van der Waals surface area contributed by atoms with Crippen molar-refractivity contribution in [2.45, 2.75) is 26.7 Å². The van der Waals surface area contributed by atoms with E-state index in [0.717, 1.165) is 22.0 Å². The Bertz CT molecular complexity index is 1450. The van der Waals surface area contributed by atoms with Gasteiger partial charge in [0, 0.05) is 16.5 Å². The van der Waals surface area contributed by atoms with Crippen LogP contribution in [-0.4, -0.2) is 35.5 Å². The number of phenols is 5. The van der Waals surface area contributed by atoms with E-state index in [1.807, 2.05) is 55.5 Å². The first-order chi connectivity index (χ1) is 18.2. The summed E-state index contributed by atoms with van der Waals surface area (Å²) in [6, 6.07) is 7.58. The Morgan fingerprint density at radius 3 is 2.18 bits per heavy atom. The molecule has 0 amide bonds. The van der Waals surface area contributed by atoms with Crippen LogP contribution in [0.2, 0.25) is 5.28 Å². The van der Waals surface area contributed by atoms with Crippen LogP contribution in [0.3, 0.4) is 0 Å². The largest absolute Gasteiger partial charge is 0.504 e. The van der Waals surface area contributed by atoms with Crippen LogP contribution in [0.1, 0.15) is 31.5 Å². The Hall–Kier alpha value is -4.67. The lowest BCUT2D eigenvalue weighted by Gasteiger charge is -2.10. The van der Waals surface area contributed by atoms with Gasteiger partial charge in [-0.1, -0.05) is 67.3 Å². The van der Waals surface area contributed by atoms with Gasteiger partial charge in [-0.25, -0.2) is 9.97 Å². The Morgan fingerprint density at radius 1 is 0.974 bits per heavy atom. The van der Waals surface area contributed by atoms with Crippen molar-refractivity contribution in [1.82, 2.24) is 9.97 Å². The van der Waals surface area contributed by atoms with Crippen LogP contribution in [-0.2, 0) is 6.42 Å². The lowest BCUT2D eigenvalue weighted by Crippen LogP contribution is -1.94. The summed E-state index contributed by atoms with van der Waals surface area (Å²) in [7, 11) is 0. The molecule has 2 aromatic carbocycles. The predicted molar refractivity (Wildman–Crippen MR) is 152 cm³/mol. The molecule has 0 unspecified atom stereocenters. The molecular weight excluding hydrogens is 504 g/mol. The van der Waals surface area contributed by atoms with Crippen LogP contribution in [0.4, 0.5) is 0 Å². The van der Waals surface area contributed by atoms with E-state index >= 15 is 0 Å². The minimum absolute atomic E-state index is 0.00710. The molecule has 0 atom stereocenters. The molecule has 0 saturated carbocycles. The predicted octanol–water partition coefficient (Wildman–Crippen LogP) is 6.71. The zero-order valence-corrected chi connectivity index (χ0v) is 21.8. The summed E-state index contributed by atoms with van der Waals surface area (Å²) in [6.45, 7) is 7.31. The molecule has 1 heterocycles. The molecule has 3 aromatic rings. The molecular formula is C30H29ClN2O5. The first-order valence-corrected chi connectivity index (χ1v) is 11.9. The monoisotopic (exact) mass is 532 g/mol. The zero-order chi connectivity index (χ0) is 28.2. The highest BCUT2D eigenvalue weighted by Gasteiger charge is 2.22. The molecule has 0 spiro atoms. The lowest BCUT2D eigenvalue weighted by molar-refractivity contribution is 0.325. The first kappa shape index (κ1) is 29.6. The number of allylic oxidation sites excluding steroid dienone is 9. The van der Waals surface area contributed by atoms with Crippen molar-refractivity contribution in [1.29, 1.82) is 0 Å². The van der Waals surface area contributed by atoms with E-state index in [0.29, 0.717) is 12.1 Å². The Balaban J connectivity index is 0.00000161. The summed E-state index contributed by atoms with van der Waals surface area (Å²) in [4.78, 5) is 8.68. The Labute approximate surface area is 226 Å². The molecule has 8 heteroatoms. The van der Waals surface area contributed by atoms with E-state index in [2.05, 4.69) is 28.9 Å². The summed E-state index contributed by atoms with van der Waals surface area (Å²) in [5.74, 6) is -1.90. The molecule has 0 aliphatic carbocycles. The number of nitrogens with zero attached hydrogens (tertiary/aromatic N) is 2. The third kappa shape index (κ3) is 7.19. The molecule has 0 aliphatic heterocycles. The third-order valence-electron chi connectivity index (χ3n) is 5.29. The van der Waals surface area contributed by atoms with Crippen LogP contribution in [0.15, 0.2) is 78.9 Å². The molecule has 3 rings (SSSR count). The minimum atomic E-state index is -0.979. The van der Waals surface area contributed by atoms with E-state index in [-0.39, 0.29) is 17.3 Å². The second-order valence-electron chi connectivity index (χ2n) is 7.80. The van der Waals surface area contributed by atoms with Crippen molar-refractivity contribution in [3.63, 3.8) is 0 Å². The van der Waals surface area contributed by atoms with E-state index in [9.17, 15) is 25.5 Å². The molecule has 0 radical (unpaired) electrons. The molecule has 7 nitrogen and oxygen atoms in total. The van der Waals surface area contributed by atoms with Gasteiger partial charge in [-0.05, 0) is 49.9 Å². The molecule has 1 aromatic heterocycles. The van der Waals surface area contributed by atoms with Crippen LogP contribution in [0.5, 0.6) is 28.7 Å². The fourth-order valence-electron chi connectivity index (χ4n) is 3.47. The van der Waals surface area contributed by atoms with Crippen molar-refractivity contribution >= 4 is 28.1 Å². The lowest BCUT2D eigenvalue weighted by atomic mass is 10.0. The van der Waals surface area contributed by atoms with Gasteiger partial charge < -0.3 is 25.5 Å². The fourth-order valence-corrected chi connectivity index (χ4v) is 3.64. The standard InChI is InChI=1S/C27H25ClN2O5.C3H4/c1-3-9-17(21-18-13-5-6-15-20(18)29-27(28)30-21)12-7-10-16(4-2)11-8-14-19-22(31)24(33)26(35)25(34)23(19)32;1-3-2/h3-9,11-13,15,31-35H,1,10,14H2,2H3;1H,2H3/b11-8-,12-7-,16-4-,17-9+;. The molecule has 38 heavy (non-hydrogen) atoms. The van der Waals surface area contributed by atoms with E-state index in [4.69, 9.17) is 11.6 Å². The summed E-state index contributed by atoms with van der Waals surface area (Å²) < 4.78 is 0. The van der Waals surface area contributed by atoms with Crippen molar-refractivity contribution in [3.05, 3.63) is 95.5 Å². The molecule has 0 saturated heterocycles. The number of hydrogen-bond acceptors (Lipinski definition) is 7. The van der Waals surface area contributed by atoms with E-state index < -0.39 is 28.7 Å². The quantitative estimate of drug-likeness (QED) is 0.0717. The van der Waals surface area contributed by atoms with Crippen LogP contribution in [0.25, 0.3) is 16.5 Å². The number of hydrogen-bond donors (Lipinski definition) is 5. The maximum atomic E-state index is 9.99. The number of aromatic hydroxyl groups is 5. The second kappa shape index (κ2) is 14.2. The van der Waals surface area contributed by atoms with Crippen LogP contribution < -0.4 is 0 Å². The molecule has 5 N–H and O–H groups in total. The number of rotatable bonds is 8. The van der Waals surface area contributed by atoms with Gasteiger partial charge in [-0.2, -0.15) is 0 Å². The van der Waals surface area contributed by atoms with Gasteiger partial charge in [0.25, 0.3) is 0 Å². The van der Waals surface area contributed by atoms with Crippen molar-refractivity contribution in [3.8, 4) is 41.1 Å². The second-order valence-corrected chi connectivity index (χ2v) is 8.14. The SMILES string of the molecule is C#CC.C=C/C=C(\C=C/CC(/C=C\Cc1c(O)c(O)c(O)c(O)c1O)=C/C)c1nc(Cl)nc2ccccc12. The maximum Gasteiger partial charge on any atom is 0.223 e. The van der Waals surface area contributed by atoms with Gasteiger partial charge in [0.05, 0.1) is 11.2 Å². The normalized spacial score (nSPS) is 11.9.